The van der Waals surface area contributed by atoms with Crippen LogP contribution in [0.15, 0.2) is 30.3 Å². The molecule has 2 rings (SSSR count). The molecule has 1 fully saturated rings. The van der Waals surface area contributed by atoms with Crippen LogP contribution >= 0.6 is 0 Å². The summed E-state index contributed by atoms with van der Waals surface area (Å²) in [7, 11) is 4.66. The van der Waals surface area contributed by atoms with Gasteiger partial charge in [0.15, 0.2) is 0 Å². The number of carbonyl (C=O) groups excluding carboxylic acids is 1. The number of unbranched alkanes of at least 4 members (excludes halogenated alkanes) is 3. The zero-order chi connectivity index (χ0) is 18.1. The summed E-state index contributed by atoms with van der Waals surface area (Å²) in [5, 5.41) is 0. The van der Waals surface area contributed by atoms with Crippen molar-refractivity contribution in [2.45, 2.75) is 64.4 Å². The molecule has 148 valence electrons. The second-order valence-electron chi connectivity index (χ2n) is 8.26. The molecule has 0 bridgehead atoms. The highest BCUT2D eigenvalue weighted by Gasteiger charge is 2.33. The number of hydrogen-bond donors (Lipinski definition) is 0. The summed E-state index contributed by atoms with van der Waals surface area (Å²) >= 11 is 0. The number of carbonyl (C=O) groups is 1. The monoisotopic (exact) mass is 425 g/mol. The quantitative estimate of drug-likeness (QED) is 0.343. The van der Waals surface area contributed by atoms with Gasteiger partial charge in [-0.1, -0.05) is 44.4 Å². The van der Waals surface area contributed by atoms with Crippen molar-refractivity contribution in [1.29, 1.82) is 0 Å². The van der Waals surface area contributed by atoms with E-state index in [-0.39, 0.29) is 29.1 Å². The smallest absolute Gasteiger partial charge is 0.338 e. The SMILES string of the molecule is CCCCCC[N+](C)(C)C[C@H]1CCCC[C@@H]1OC(=O)c1ccccc1.[Br-]. The maximum absolute atomic E-state index is 12.4. The van der Waals surface area contributed by atoms with E-state index >= 15 is 0 Å². The van der Waals surface area contributed by atoms with Crippen molar-refractivity contribution < 1.29 is 31.0 Å². The van der Waals surface area contributed by atoms with Crippen LogP contribution in [0.1, 0.15) is 68.6 Å². The van der Waals surface area contributed by atoms with Crippen LogP contribution in [0.4, 0.5) is 0 Å². The number of ether oxygens (including phenoxy) is 1. The average molecular weight is 426 g/mol. The van der Waals surface area contributed by atoms with Gasteiger partial charge in [-0.3, -0.25) is 0 Å². The maximum Gasteiger partial charge on any atom is 0.338 e. The van der Waals surface area contributed by atoms with Gasteiger partial charge in [0.2, 0.25) is 0 Å². The summed E-state index contributed by atoms with van der Waals surface area (Å²) in [5.74, 6) is 0.327. The molecule has 1 aliphatic carbocycles. The minimum Gasteiger partial charge on any atom is -1.00 e. The fourth-order valence-electron chi connectivity index (χ4n) is 4.01. The van der Waals surface area contributed by atoms with E-state index in [4.69, 9.17) is 4.74 Å². The lowest BCUT2D eigenvalue weighted by molar-refractivity contribution is -0.894. The van der Waals surface area contributed by atoms with Gasteiger partial charge < -0.3 is 26.2 Å². The minimum absolute atomic E-state index is 0. The molecule has 1 aromatic carbocycles. The molecular weight excluding hydrogens is 390 g/mol. The molecule has 0 aliphatic heterocycles. The van der Waals surface area contributed by atoms with Gasteiger partial charge in [-0.05, 0) is 44.2 Å². The Hall–Kier alpha value is -0.870. The van der Waals surface area contributed by atoms with Crippen molar-refractivity contribution in [3.05, 3.63) is 35.9 Å². The molecule has 1 saturated carbocycles. The van der Waals surface area contributed by atoms with Crippen LogP contribution in [0, 0.1) is 5.92 Å². The second kappa shape index (κ2) is 11.8. The standard InChI is InChI=1S/C22H36NO2.BrH/c1-4-5-6-12-17-23(2,3)18-20-15-10-11-16-21(20)25-22(24)19-13-8-7-9-14-19;/h7-9,13-14,20-21H,4-6,10-12,15-18H2,1-3H3;1H/q+1;/p-1/t20-,21+;/m1./s1. The lowest BCUT2D eigenvalue weighted by Gasteiger charge is -2.38. The van der Waals surface area contributed by atoms with E-state index in [0.29, 0.717) is 11.5 Å². The van der Waals surface area contributed by atoms with Crippen LogP contribution < -0.4 is 17.0 Å². The highest BCUT2D eigenvalue weighted by atomic mass is 79.9. The van der Waals surface area contributed by atoms with Gasteiger partial charge in [-0.2, -0.15) is 0 Å². The minimum atomic E-state index is -0.161. The molecule has 0 saturated heterocycles. The van der Waals surface area contributed by atoms with Crippen molar-refractivity contribution in [3.8, 4) is 0 Å². The molecule has 0 unspecified atom stereocenters. The lowest BCUT2D eigenvalue weighted by atomic mass is 9.85. The molecule has 2 atom stereocenters. The van der Waals surface area contributed by atoms with Crippen molar-refractivity contribution in [3.63, 3.8) is 0 Å². The molecule has 0 N–H and O–H groups in total. The molecule has 0 heterocycles. The molecule has 1 aromatic rings. The lowest BCUT2D eigenvalue weighted by Crippen LogP contribution is -3.00. The molecule has 1 aliphatic rings. The third kappa shape index (κ3) is 7.79. The summed E-state index contributed by atoms with van der Waals surface area (Å²) in [4.78, 5) is 12.4. The summed E-state index contributed by atoms with van der Waals surface area (Å²) in [6.07, 6.45) is 9.95. The third-order valence-corrected chi connectivity index (χ3v) is 5.45. The second-order valence-corrected chi connectivity index (χ2v) is 8.26. The summed E-state index contributed by atoms with van der Waals surface area (Å²) in [6.45, 7) is 4.59. The first-order chi connectivity index (χ1) is 12.0. The number of nitrogens with zero attached hydrogens (tertiary/aromatic N) is 1. The Morgan fingerprint density at radius 1 is 1.08 bits per heavy atom. The summed E-state index contributed by atoms with van der Waals surface area (Å²) < 4.78 is 6.97. The van der Waals surface area contributed by atoms with Gasteiger partial charge in [0, 0.05) is 5.92 Å². The maximum atomic E-state index is 12.4. The fourth-order valence-corrected chi connectivity index (χ4v) is 4.01. The number of quaternary nitrogens is 1. The topological polar surface area (TPSA) is 26.3 Å². The number of halogens is 1. The first kappa shape index (κ1) is 23.2. The first-order valence-corrected chi connectivity index (χ1v) is 10.1. The Balaban J connectivity index is 0.00000338. The molecule has 0 radical (unpaired) electrons. The zero-order valence-corrected chi connectivity index (χ0v) is 18.3. The van der Waals surface area contributed by atoms with E-state index in [2.05, 4.69) is 21.0 Å². The van der Waals surface area contributed by atoms with Crippen molar-refractivity contribution >= 4 is 5.97 Å². The first-order valence-electron chi connectivity index (χ1n) is 10.1. The Morgan fingerprint density at radius 2 is 1.77 bits per heavy atom. The Bertz CT molecular complexity index is 518. The molecule has 0 spiro atoms. The van der Waals surface area contributed by atoms with Gasteiger partial charge in [0.05, 0.1) is 32.7 Å². The number of rotatable bonds is 9. The molecule has 0 amide bonds. The van der Waals surface area contributed by atoms with Crippen LogP contribution in [-0.4, -0.2) is 43.7 Å². The largest absolute Gasteiger partial charge is 1.00 e. The van der Waals surface area contributed by atoms with E-state index in [1.54, 1.807) is 0 Å². The number of esters is 1. The van der Waals surface area contributed by atoms with Gasteiger partial charge in [0.25, 0.3) is 0 Å². The Kier molecular flexibility index (Phi) is 10.5. The van der Waals surface area contributed by atoms with Crippen molar-refractivity contribution in [2.75, 3.05) is 27.2 Å². The van der Waals surface area contributed by atoms with E-state index in [1.165, 1.54) is 51.5 Å². The zero-order valence-electron chi connectivity index (χ0n) is 16.8. The normalized spacial score (nSPS) is 20.3. The molecule has 26 heavy (non-hydrogen) atoms. The Labute approximate surface area is 170 Å². The predicted octanol–water partition coefficient (Wildman–Crippen LogP) is 2.06. The average Bonchev–Trinajstić information content (AvgIpc) is 2.61. The van der Waals surface area contributed by atoms with Crippen molar-refractivity contribution in [1.82, 2.24) is 0 Å². The molecule has 0 aromatic heterocycles. The van der Waals surface area contributed by atoms with Gasteiger partial charge in [-0.15, -0.1) is 0 Å². The fraction of sp³-hybridized carbons (Fsp3) is 0.682. The summed E-state index contributed by atoms with van der Waals surface area (Å²) in [5.41, 5.74) is 0.667. The van der Waals surface area contributed by atoms with Crippen LogP contribution in [0.25, 0.3) is 0 Å². The summed E-state index contributed by atoms with van der Waals surface area (Å²) in [6, 6.07) is 9.40. The van der Waals surface area contributed by atoms with Crippen LogP contribution in [-0.2, 0) is 4.74 Å². The number of hydrogen-bond acceptors (Lipinski definition) is 2. The van der Waals surface area contributed by atoms with Crippen LogP contribution in [0.5, 0.6) is 0 Å². The van der Waals surface area contributed by atoms with E-state index < -0.39 is 0 Å². The van der Waals surface area contributed by atoms with E-state index in [0.717, 1.165) is 17.4 Å². The highest BCUT2D eigenvalue weighted by molar-refractivity contribution is 5.89. The molecular formula is C22H36BrNO2. The van der Waals surface area contributed by atoms with Gasteiger partial charge in [0.1, 0.15) is 6.10 Å². The van der Waals surface area contributed by atoms with Crippen LogP contribution in [0.3, 0.4) is 0 Å². The van der Waals surface area contributed by atoms with Crippen molar-refractivity contribution in [2.24, 2.45) is 5.92 Å². The van der Waals surface area contributed by atoms with E-state index in [1.807, 2.05) is 30.3 Å². The molecule has 3 nitrogen and oxygen atoms in total. The number of benzene rings is 1. The van der Waals surface area contributed by atoms with Gasteiger partial charge in [-0.25, -0.2) is 4.79 Å². The van der Waals surface area contributed by atoms with Crippen LogP contribution in [0.2, 0.25) is 0 Å². The van der Waals surface area contributed by atoms with E-state index in [9.17, 15) is 4.79 Å². The van der Waals surface area contributed by atoms with Gasteiger partial charge >= 0.3 is 5.97 Å². The Morgan fingerprint density at radius 3 is 2.46 bits per heavy atom. The molecule has 4 heteroatoms. The third-order valence-electron chi connectivity index (χ3n) is 5.45. The predicted molar refractivity (Wildman–Crippen MR) is 104 cm³/mol. The highest BCUT2D eigenvalue weighted by Crippen LogP contribution is 2.29.